The molecule has 0 saturated carbocycles. The van der Waals surface area contributed by atoms with Gasteiger partial charge in [-0.25, -0.2) is 8.42 Å². The molecular weight excluding hydrogens is 315 g/mol. The number of carbonyl (C=O) groups is 1. The van der Waals surface area contributed by atoms with Crippen LogP contribution in [0.25, 0.3) is 5.76 Å². The SMILES string of the molecule is CC1(C)CCC2=C(O1)c1ccccc1C(S(=O)(=O)[O-])C2=O.[Na+]. The molecule has 5 nitrogen and oxygen atoms in total. The summed E-state index contributed by atoms with van der Waals surface area (Å²) in [6.45, 7) is 3.83. The Balaban J connectivity index is 0.00000176. The van der Waals surface area contributed by atoms with Gasteiger partial charge in [0.2, 0.25) is 0 Å². The molecule has 7 heteroatoms. The summed E-state index contributed by atoms with van der Waals surface area (Å²) in [6.07, 6.45) is 1.02. The van der Waals surface area contributed by atoms with E-state index in [9.17, 15) is 17.8 Å². The second-order valence-electron chi connectivity index (χ2n) is 5.99. The fourth-order valence-electron chi connectivity index (χ4n) is 2.90. The van der Waals surface area contributed by atoms with Crippen LogP contribution in [0.3, 0.4) is 0 Å². The largest absolute Gasteiger partial charge is 1.00 e. The van der Waals surface area contributed by atoms with Crippen molar-refractivity contribution in [2.75, 3.05) is 0 Å². The van der Waals surface area contributed by atoms with E-state index >= 15 is 0 Å². The Labute approximate surface area is 151 Å². The van der Waals surface area contributed by atoms with Gasteiger partial charge in [-0.3, -0.25) is 4.79 Å². The maximum atomic E-state index is 12.5. The maximum absolute atomic E-state index is 12.5. The van der Waals surface area contributed by atoms with Crippen LogP contribution in [-0.4, -0.2) is 24.4 Å². The maximum Gasteiger partial charge on any atom is 1.00 e. The van der Waals surface area contributed by atoms with Crippen LogP contribution in [0.4, 0.5) is 0 Å². The van der Waals surface area contributed by atoms with E-state index in [1.54, 1.807) is 18.2 Å². The third-order valence-corrected chi connectivity index (χ3v) is 4.99. The van der Waals surface area contributed by atoms with E-state index < -0.39 is 26.8 Å². The summed E-state index contributed by atoms with van der Waals surface area (Å²) in [5.74, 6) is -0.221. The fourth-order valence-corrected chi connectivity index (χ4v) is 3.82. The van der Waals surface area contributed by atoms with Crippen molar-refractivity contribution in [3.63, 3.8) is 0 Å². The first-order valence-electron chi connectivity index (χ1n) is 6.71. The second-order valence-corrected chi connectivity index (χ2v) is 7.45. The summed E-state index contributed by atoms with van der Waals surface area (Å²) in [6, 6.07) is 6.54. The van der Waals surface area contributed by atoms with Crippen LogP contribution in [0.2, 0.25) is 0 Å². The zero-order chi connectivity index (χ0) is 15.4. The number of fused-ring (bicyclic) bond motifs is 2. The van der Waals surface area contributed by atoms with Crippen LogP contribution in [0.5, 0.6) is 0 Å². The zero-order valence-electron chi connectivity index (χ0n) is 12.8. The minimum atomic E-state index is -4.76. The summed E-state index contributed by atoms with van der Waals surface area (Å²) >= 11 is 0. The molecule has 1 unspecified atom stereocenters. The van der Waals surface area contributed by atoms with E-state index in [1.807, 2.05) is 13.8 Å². The molecule has 0 aromatic heterocycles. The van der Waals surface area contributed by atoms with E-state index in [1.165, 1.54) is 6.07 Å². The van der Waals surface area contributed by atoms with Gasteiger partial charge < -0.3 is 9.29 Å². The van der Waals surface area contributed by atoms with Crippen molar-refractivity contribution in [2.24, 2.45) is 0 Å². The van der Waals surface area contributed by atoms with E-state index in [2.05, 4.69) is 0 Å². The number of rotatable bonds is 1. The van der Waals surface area contributed by atoms with Crippen molar-refractivity contribution < 1.29 is 52.1 Å². The van der Waals surface area contributed by atoms with Crippen LogP contribution >= 0.6 is 0 Å². The van der Waals surface area contributed by atoms with Gasteiger partial charge in [0.15, 0.2) is 5.78 Å². The molecule has 112 valence electrons. The summed E-state index contributed by atoms with van der Waals surface area (Å²) in [4.78, 5) is 12.5. The molecule has 1 atom stereocenters. The van der Waals surface area contributed by atoms with Gasteiger partial charge in [-0.05, 0) is 32.3 Å². The molecule has 1 aliphatic heterocycles. The van der Waals surface area contributed by atoms with Gasteiger partial charge >= 0.3 is 29.6 Å². The Morgan fingerprint density at radius 2 is 1.91 bits per heavy atom. The molecule has 0 amide bonds. The molecule has 3 rings (SSSR count). The van der Waals surface area contributed by atoms with Crippen molar-refractivity contribution in [3.05, 3.63) is 41.0 Å². The Morgan fingerprint density at radius 3 is 2.55 bits per heavy atom. The number of allylic oxidation sites excluding steroid dienone is 1. The molecule has 2 aliphatic rings. The van der Waals surface area contributed by atoms with Gasteiger partial charge in [-0.15, -0.1) is 0 Å². The monoisotopic (exact) mass is 330 g/mol. The third-order valence-electron chi connectivity index (χ3n) is 3.94. The molecule has 1 aromatic rings. The summed E-state index contributed by atoms with van der Waals surface area (Å²) < 4.78 is 40.5. The predicted molar refractivity (Wildman–Crippen MR) is 75.2 cm³/mol. The number of hydrogen-bond donors (Lipinski definition) is 0. The predicted octanol–water partition coefficient (Wildman–Crippen LogP) is -0.840. The van der Waals surface area contributed by atoms with Crippen LogP contribution in [0.1, 0.15) is 43.1 Å². The minimum absolute atomic E-state index is 0. The van der Waals surface area contributed by atoms with Gasteiger partial charge in [0, 0.05) is 11.1 Å². The molecule has 0 spiro atoms. The van der Waals surface area contributed by atoms with Gasteiger partial charge in [-0.2, -0.15) is 0 Å². The Hall–Kier alpha value is -0.660. The Morgan fingerprint density at radius 1 is 1.27 bits per heavy atom. The normalized spacial score (nSPS) is 23.0. The zero-order valence-corrected chi connectivity index (χ0v) is 15.6. The molecule has 0 bridgehead atoms. The topological polar surface area (TPSA) is 83.5 Å². The van der Waals surface area contributed by atoms with Crippen LogP contribution in [-0.2, 0) is 19.6 Å². The Kier molecular flexibility index (Phi) is 4.63. The molecule has 0 saturated heterocycles. The smallest absolute Gasteiger partial charge is 0.747 e. The average molecular weight is 330 g/mol. The molecule has 1 heterocycles. The number of ether oxygens (including phenoxy) is 1. The molecular formula is C15H15NaO5S. The van der Waals surface area contributed by atoms with Crippen molar-refractivity contribution in [2.45, 2.75) is 37.5 Å². The number of ketones is 1. The quantitative estimate of drug-likeness (QED) is 0.495. The van der Waals surface area contributed by atoms with Gasteiger partial charge in [0.1, 0.15) is 26.7 Å². The van der Waals surface area contributed by atoms with Crippen LogP contribution < -0.4 is 29.6 Å². The minimum Gasteiger partial charge on any atom is -0.747 e. The van der Waals surface area contributed by atoms with Gasteiger partial charge in [0.25, 0.3) is 0 Å². The first-order chi connectivity index (χ1) is 9.71. The number of Topliss-reactive ketones (excluding diaryl/α,β-unsaturated/α-hetero) is 1. The molecule has 1 aromatic carbocycles. The molecule has 0 radical (unpaired) electrons. The first-order valence-corrected chi connectivity index (χ1v) is 8.18. The summed E-state index contributed by atoms with van der Waals surface area (Å²) in [5.41, 5.74) is 0.644. The number of benzene rings is 1. The summed E-state index contributed by atoms with van der Waals surface area (Å²) in [5, 5.41) is -1.66. The Bertz CT molecular complexity index is 764. The van der Waals surface area contributed by atoms with E-state index in [4.69, 9.17) is 4.74 Å². The molecule has 0 fully saturated rings. The van der Waals surface area contributed by atoms with Crippen molar-refractivity contribution >= 4 is 21.7 Å². The average Bonchev–Trinajstić information content (AvgIpc) is 2.36. The number of carbonyl (C=O) groups excluding carboxylic acids is 1. The second kappa shape index (κ2) is 5.76. The van der Waals surface area contributed by atoms with E-state index in [-0.39, 0.29) is 35.1 Å². The van der Waals surface area contributed by atoms with E-state index in [0.29, 0.717) is 29.7 Å². The molecule has 0 N–H and O–H groups in total. The van der Waals surface area contributed by atoms with E-state index in [0.717, 1.165) is 0 Å². The van der Waals surface area contributed by atoms with Crippen LogP contribution in [0.15, 0.2) is 29.8 Å². The van der Waals surface area contributed by atoms with Crippen molar-refractivity contribution in [3.8, 4) is 0 Å². The fraction of sp³-hybridized carbons (Fsp3) is 0.400. The first kappa shape index (κ1) is 17.7. The van der Waals surface area contributed by atoms with Crippen molar-refractivity contribution in [1.82, 2.24) is 0 Å². The third kappa shape index (κ3) is 2.90. The van der Waals surface area contributed by atoms with Crippen molar-refractivity contribution in [1.29, 1.82) is 0 Å². The van der Waals surface area contributed by atoms with Gasteiger partial charge in [0.05, 0.1) is 0 Å². The standard InChI is InChI=1S/C15H16O5S.Na/c1-15(2)8-7-11-12(16)14(21(17,18)19)10-6-4-3-5-9(10)13(11)20-15;/h3-6,14H,7-8H2,1-2H3,(H,17,18,19);/q;+1/p-1. The van der Waals surface area contributed by atoms with Gasteiger partial charge in [-0.1, -0.05) is 24.3 Å². The van der Waals surface area contributed by atoms with Crippen LogP contribution in [0, 0.1) is 0 Å². The molecule has 22 heavy (non-hydrogen) atoms. The summed E-state index contributed by atoms with van der Waals surface area (Å²) in [7, 11) is -4.76. The number of hydrogen-bond acceptors (Lipinski definition) is 5. The molecule has 1 aliphatic carbocycles.